The van der Waals surface area contributed by atoms with E-state index < -0.39 is 5.82 Å². The van der Waals surface area contributed by atoms with Crippen LogP contribution in [0.15, 0.2) is 67.3 Å². The zero-order chi connectivity index (χ0) is 21.9. The number of rotatable bonds is 5. The summed E-state index contributed by atoms with van der Waals surface area (Å²) < 4.78 is 15.2. The minimum Gasteiger partial charge on any atom is -0.363 e. The van der Waals surface area contributed by atoms with E-state index in [0.29, 0.717) is 25.5 Å². The number of halogens is 1. The highest BCUT2D eigenvalue weighted by Crippen LogP contribution is 2.27. The molecule has 32 heavy (non-hydrogen) atoms. The van der Waals surface area contributed by atoms with E-state index in [1.807, 2.05) is 48.4 Å². The van der Waals surface area contributed by atoms with Crippen LogP contribution in [-0.4, -0.2) is 26.5 Å². The second-order valence-corrected chi connectivity index (χ2v) is 7.88. The van der Waals surface area contributed by atoms with Crippen LogP contribution in [0.4, 0.5) is 16.0 Å². The molecule has 0 amide bonds. The van der Waals surface area contributed by atoms with E-state index in [4.69, 9.17) is 0 Å². The smallest absolute Gasteiger partial charge is 0.207 e. The molecule has 4 heterocycles. The Morgan fingerprint density at radius 1 is 0.969 bits per heavy atom. The molecule has 4 aromatic rings. The third kappa shape index (κ3) is 4.14. The van der Waals surface area contributed by atoms with Gasteiger partial charge in [-0.15, -0.1) is 0 Å². The third-order valence-electron chi connectivity index (χ3n) is 5.68. The van der Waals surface area contributed by atoms with Gasteiger partial charge in [-0.2, -0.15) is 4.39 Å². The maximum Gasteiger partial charge on any atom is 0.207 e. The number of nitrogens with one attached hydrogen (secondary N) is 1. The van der Waals surface area contributed by atoms with Crippen molar-refractivity contribution in [2.75, 3.05) is 16.8 Å². The number of hydrogen-bond acceptors (Lipinski definition) is 6. The highest BCUT2D eigenvalue weighted by Gasteiger charge is 2.22. The summed E-state index contributed by atoms with van der Waals surface area (Å²) in [5.41, 5.74) is 6.45. The average molecular weight is 426 g/mol. The largest absolute Gasteiger partial charge is 0.363 e. The molecule has 1 N–H and O–H groups in total. The third-order valence-corrected chi connectivity index (χ3v) is 5.68. The van der Waals surface area contributed by atoms with E-state index in [0.717, 1.165) is 40.1 Å². The number of pyridine rings is 2. The summed E-state index contributed by atoms with van der Waals surface area (Å²) in [6, 6.07) is 16.2. The van der Waals surface area contributed by atoms with Crippen molar-refractivity contribution in [2.45, 2.75) is 26.4 Å². The summed E-state index contributed by atoms with van der Waals surface area (Å²) in [4.78, 5) is 18.9. The maximum absolute atomic E-state index is 15.2. The van der Waals surface area contributed by atoms with Crippen LogP contribution in [0.3, 0.4) is 0 Å². The monoisotopic (exact) mass is 426 g/mol. The first-order valence-corrected chi connectivity index (χ1v) is 10.6. The van der Waals surface area contributed by atoms with Crippen molar-refractivity contribution in [1.82, 2.24) is 19.9 Å². The van der Waals surface area contributed by atoms with Crippen LogP contribution in [-0.2, 0) is 19.5 Å². The Labute approximate surface area is 186 Å². The summed E-state index contributed by atoms with van der Waals surface area (Å²) in [6.45, 7) is 3.71. The fourth-order valence-corrected chi connectivity index (χ4v) is 3.98. The first kappa shape index (κ1) is 20.1. The Bertz CT molecular complexity index is 1240. The second-order valence-electron chi connectivity index (χ2n) is 7.88. The fourth-order valence-electron chi connectivity index (χ4n) is 3.98. The van der Waals surface area contributed by atoms with Gasteiger partial charge < -0.3 is 10.2 Å². The number of aryl methyl sites for hydroxylation is 1. The van der Waals surface area contributed by atoms with Crippen molar-refractivity contribution in [2.24, 2.45) is 0 Å². The summed E-state index contributed by atoms with van der Waals surface area (Å²) >= 11 is 0. The lowest BCUT2D eigenvalue weighted by atomic mass is 10.0. The summed E-state index contributed by atoms with van der Waals surface area (Å²) in [6.07, 6.45) is 5.79. The lowest BCUT2D eigenvalue weighted by molar-refractivity contribution is 0.595. The van der Waals surface area contributed by atoms with Crippen molar-refractivity contribution in [3.63, 3.8) is 0 Å². The molecule has 0 unspecified atom stereocenters. The SMILES string of the molecule is Cc1cc(-c2ccc(CNc3ncnc(N4CCc5ncccc5C4)c3F)cc2)ccn1. The second kappa shape index (κ2) is 8.70. The summed E-state index contributed by atoms with van der Waals surface area (Å²) in [5, 5.41) is 3.12. The van der Waals surface area contributed by atoms with E-state index in [1.54, 1.807) is 6.20 Å². The summed E-state index contributed by atoms with van der Waals surface area (Å²) in [5.74, 6) is 0.102. The number of anilines is 2. The average Bonchev–Trinajstić information content (AvgIpc) is 2.83. The molecular formula is C25H23FN6. The molecule has 0 atom stereocenters. The Balaban J connectivity index is 1.28. The zero-order valence-corrected chi connectivity index (χ0v) is 17.8. The van der Waals surface area contributed by atoms with E-state index in [1.165, 1.54) is 6.33 Å². The molecule has 5 rings (SSSR count). The minimum absolute atomic E-state index is 0.209. The molecule has 0 aliphatic carbocycles. The minimum atomic E-state index is -0.427. The topological polar surface area (TPSA) is 66.8 Å². The zero-order valence-electron chi connectivity index (χ0n) is 17.8. The van der Waals surface area contributed by atoms with Gasteiger partial charge in [-0.1, -0.05) is 30.3 Å². The van der Waals surface area contributed by atoms with E-state index in [9.17, 15) is 0 Å². The Hall–Kier alpha value is -3.87. The predicted octanol–water partition coefficient (Wildman–Crippen LogP) is 4.56. The van der Waals surface area contributed by atoms with Crippen molar-refractivity contribution < 1.29 is 4.39 Å². The van der Waals surface area contributed by atoms with Gasteiger partial charge in [0, 0.05) is 49.8 Å². The number of aromatic nitrogens is 4. The van der Waals surface area contributed by atoms with Crippen LogP contribution in [0.2, 0.25) is 0 Å². The molecule has 7 heteroatoms. The van der Waals surface area contributed by atoms with Gasteiger partial charge in [0.1, 0.15) is 6.33 Å². The van der Waals surface area contributed by atoms with Crippen LogP contribution in [0.25, 0.3) is 11.1 Å². The van der Waals surface area contributed by atoms with Crippen LogP contribution in [0, 0.1) is 12.7 Å². The number of nitrogens with zero attached hydrogens (tertiary/aromatic N) is 5. The maximum atomic E-state index is 15.2. The van der Waals surface area contributed by atoms with Gasteiger partial charge in [0.25, 0.3) is 0 Å². The Morgan fingerprint density at radius 2 is 1.84 bits per heavy atom. The van der Waals surface area contributed by atoms with Gasteiger partial charge in [0.15, 0.2) is 11.6 Å². The van der Waals surface area contributed by atoms with Crippen LogP contribution < -0.4 is 10.2 Å². The molecule has 3 aromatic heterocycles. The fraction of sp³-hybridized carbons (Fsp3) is 0.200. The van der Waals surface area contributed by atoms with Crippen molar-refractivity contribution in [3.05, 3.63) is 95.6 Å². The Kier molecular flexibility index (Phi) is 5.46. The van der Waals surface area contributed by atoms with Crippen LogP contribution >= 0.6 is 0 Å². The van der Waals surface area contributed by atoms with Gasteiger partial charge in [-0.3, -0.25) is 9.97 Å². The predicted molar refractivity (Wildman–Crippen MR) is 123 cm³/mol. The molecule has 1 aliphatic heterocycles. The highest BCUT2D eigenvalue weighted by atomic mass is 19.1. The van der Waals surface area contributed by atoms with Gasteiger partial charge >= 0.3 is 0 Å². The standard InChI is InChI=1S/C25H23FN6/c1-17-13-20(8-11-27-17)19-6-4-18(5-7-19)14-29-24-23(26)25(31-16-30-24)32-12-9-22-21(15-32)3-2-10-28-22/h2-8,10-11,13,16H,9,12,14-15H2,1H3,(H,29,30,31). The van der Waals surface area contributed by atoms with Crippen LogP contribution in [0.5, 0.6) is 0 Å². The normalized spacial score (nSPS) is 13.0. The van der Waals surface area contributed by atoms with Crippen molar-refractivity contribution in [1.29, 1.82) is 0 Å². The summed E-state index contributed by atoms with van der Waals surface area (Å²) in [7, 11) is 0. The highest BCUT2D eigenvalue weighted by molar-refractivity contribution is 5.63. The molecule has 6 nitrogen and oxygen atoms in total. The molecule has 1 aromatic carbocycles. The van der Waals surface area contributed by atoms with Gasteiger partial charge in [0.2, 0.25) is 5.82 Å². The first-order chi connectivity index (χ1) is 15.7. The first-order valence-electron chi connectivity index (χ1n) is 10.6. The van der Waals surface area contributed by atoms with Crippen molar-refractivity contribution >= 4 is 11.6 Å². The quantitative estimate of drug-likeness (QED) is 0.505. The molecule has 1 aliphatic rings. The van der Waals surface area contributed by atoms with Gasteiger partial charge in [-0.25, -0.2) is 9.97 Å². The Morgan fingerprint density at radius 3 is 2.69 bits per heavy atom. The van der Waals surface area contributed by atoms with E-state index in [-0.39, 0.29) is 5.82 Å². The number of hydrogen-bond donors (Lipinski definition) is 1. The number of benzene rings is 1. The molecular weight excluding hydrogens is 403 g/mol. The molecule has 0 bridgehead atoms. The lowest BCUT2D eigenvalue weighted by Crippen LogP contribution is -2.32. The molecule has 0 spiro atoms. The number of fused-ring (bicyclic) bond motifs is 1. The van der Waals surface area contributed by atoms with Gasteiger partial charge in [-0.05, 0) is 47.4 Å². The molecule has 0 saturated carbocycles. The van der Waals surface area contributed by atoms with Gasteiger partial charge in [0.05, 0.1) is 0 Å². The lowest BCUT2D eigenvalue weighted by Gasteiger charge is -2.29. The molecule has 0 saturated heterocycles. The van der Waals surface area contributed by atoms with E-state index in [2.05, 4.69) is 43.5 Å². The van der Waals surface area contributed by atoms with Crippen LogP contribution in [0.1, 0.15) is 22.5 Å². The van der Waals surface area contributed by atoms with Crippen molar-refractivity contribution in [3.8, 4) is 11.1 Å². The molecule has 160 valence electrons. The van der Waals surface area contributed by atoms with E-state index >= 15 is 4.39 Å². The molecule has 0 fully saturated rings. The molecule has 0 radical (unpaired) electrons.